The average Bonchev–Trinajstić information content (AvgIpc) is 3.50. The normalized spacial score (nSPS) is 15.1. The van der Waals surface area contributed by atoms with Crippen molar-refractivity contribution in [1.29, 1.82) is 0 Å². The number of aromatic nitrogens is 1. The number of nitrogens with one attached hydrogen (secondary N) is 1. The number of anilines is 1. The number of hydrogen-bond acceptors (Lipinski definition) is 5. The van der Waals surface area contributed by atoms with E-state index in [0.717, 1.165) is 40.8 Å². The Balaban J connectivity index is 0.00000274. The predicted molar refractivity (Wildman–Crippen MR) is 127 cm³/mol. The Morgan fingerprint density at radius 1 is 1.03 bits per heavy atom. The lowest BCUT2D eigenvalue weighted by atomic mass is 9.94. The van der Waals surface area contributed by atoms with E-state index >= 15 is 0 Å². The molecule has 1 aliphatic carbocycles. The Bertz CT molecular complexity index is 1250. The summed E-state index contributed by atoms with van der Waals surface area (Å²) in [6.45, 7) is 2.22. The van der Waals surface area contributed by atoms with Crippen LogP contribution in [0.5, 0.6) is 11.5 Å². The summed E-state index contributed by atoms with van der Waals surface area (Å²) in [5, 5.41) is 3.10. The first-order valence-electron chi connectivity index (χ1n) is 10.9. The van der Waals surface area contributed by atoms with Crippen LogP contribution in [-0.4, -0.2) is 42.6 Å². The largest absolute Gasteiger partial charge is 0.454 e. The number of ether oxygens (including phenoxy) is 2. The lowest BCUT2D eigenvalue weighted by Gasteiger charge is -2.17. The molecular formula is C26H27N3O4. The summed E-state index contributed by atoms with van der Waals surface area (Å²) in [5.41, 5.74) is 4.42. The minimum absolute atomic E-state index is 0. The van der Waals surface area contributed by atoms with Crippen LogP contribution in [0.25, 0.3) is 11.1 Å². The summed E-state index contributed by atoms with van der Waals surface area (Å²) < 4.78 is 10.9. The Labute approximate surface area is 193 Å². The van der Waals surface area contributed by atoms with Crippen molar-refractivity contribution in [3.8, 4) is 22.6 Å². The second kappa shape index (κ2) is 7.92. The van der Waals surface area contributed by atoms with Crippen molar-refractivity contribution >= 4 is 17.5 Å². The second-order valence-corrected chi connectivity index (χ2v) is 8.77. The summed E-state index contributed by atoms with van der Waals surface area (Å²) in [6, 6.07) is 15.2. The lowest BCUT2D eigenvalue weighted by Crippen LogP contribution is -2.27. The number of benzene rings is 2. The molecule has 2 aliphatic rings. The average molecular weight is 446 g/mol. The van der Waals surface area contributed by atoms with Gasteiger partial charge >= 0.3 is 0 Å². The number of amides is 2. The molecule has 0 saturated heterocycles. The van der Waals surface area contributed by atoms with Gasteiger partial charge in [0.1, 0.15) is 5.69 Å². The Hall–Kier alpha value is -3.87. The van der Waals surface area contributed by atoms with Crippen molar-refractivity contribution < 1.29 is 20.5 Å². The highest BCUT2D eigenvalue weighted by Gasteiger charge is 2.51. The van der Waals surface area contributed by atoms with Crippen molar-refractivity contribution in [1.82, 2.24) is 9.88 Å². The van der Waals surface area contributed by atoms with E-state index in [9.17, 15) is 9.59 Å². The number of aryl methyl sites for hydroxylation is 1. The van der Waals surface area contributed by atoms with E-state index < -0.39 is 5.41 Å². The third-order valence-corrected chi connectivity index (χ3v) is 6.31. The topological polar surface area (TPSA) is 80.8 Å². The number of fused-ring (bicyclic) bond motifs is 1. The zero-order valence-electron chi connectivity index (χ0n) is 18.8. The number of carbonyl (C=O) groups is 2. The zero-order chi connectivity index (χ0) is 23.2. The van der Waals surface area contributed by atoms with E-state index in [1.165, 1.54) is 4.90 Å². The molecule has 2 heterocycles. The Morgan fingerprint density at radius 3 is 2.52 bits per heavy atom. The quantitative estimate of drug-likeness (QED) is 0.629. The molecule has 5 rings (SSSR count). The van der Waals surface area contributed by atoms with Gasteiger partial charge in [-0.1, -0.05) is 18.2 Å². The smallest absolute Gasteiger partial charge is 0.271 e. The van der Waals surface area contributed by atoms with Crippen LogP contribution in [0.1, 0.15) is 35.9 Å². The van der Waals surface area contributed by atoms with Crippen molar-refractivity contribution in [2.75, 3.05) is 26.2 Å². The molecule has 1 aromatic heterocycles. The lowest BCUT2D eigenvalue weighted by molar-refractivity contribution is -0.118. The molecule has 0 spiro atoms. The highest BCUT2D eigenvalue weighted by Crippen LogP contribution is 2.51. The molecule has 0 unspecified atom stereocenters. The molecule has 1 N–H and O–H groups in total. The van der Waals surface area contributed by atoms with Gasteiger partial charge in [0.2, 0.25) is 12.7 Å². The number of rotatable bonds is 5. The van der Waals surface area contributed by atoms with Crippen LogP contribution in [0.3, 0.4) is 0 Å². The monoisotopic (exact) mass is 445 g/mol. The highest BCUT2D eigenvalue weighted by atomic mass is 16.7. The van der Waals surface area contributed by atoms with Gasteiger partial charge in [0.15, 0.2) is 11.5 Å². The molecule has 7 nitrogen and oxygen atoms in total. The number of carbonyl (C=O) groups excluding carboxylic acids is 2. The van der Waals surface area contributed by atoms with Crippen LogP contribution < -0.4 is 14.8 Å². The fourth-order valence-corrected chi connectivity index (χ4v) is 4.14. The summed E-state index contributed by atoms with van der Waals surface area (Å²) in [5.74, 6) is 1.23. The molecule has 2 amide bonds. The molecule has 0 bridgehead atoms. The fourth-order valence-electron chi connectivity index (χ4n) is 4.14. The summed E-state index contributed by atoms with van der Waals surface area (Å²) in [4.78, 5) is 31.2. The van der Waals surface area contributed by atoms with Crippen LogP contribution in [-0.2, 0) is 10.2 Å². The number of hydrogen-bond donors (Lipinski definition) is 1. The van der Waals surface area contributed by atoms with Gasteiger partial charge in [0, 0.05) is 33.0 Å². The number of pyridine rings is 1. The summed E-state index contributed by atoms with van der Waals surface area (Å²) >= 11 is 0. The maximum absolute atomic E-state index is 13.3. The molecular weight excluding hydrogens is 418 g/mol. The van der Waals surface area contributed by atoms with Crippen LogP contribution in [0, 0.1) is 6.92 Å². The maximum atomic E-state index is 13.3. The first kappa shape index (κ1) is 21.0. The molecule has 0 radical (unpaired) electrons. The highest BCUT2D eigenvalue weighted by molar-refractivity contribution is 6.02. The predicted octanol–water partition coefficient (Wildman–Crippen LogP) is 4.40. The van der Waals surface area contributed by atoms with Gasteiger partial charge in [0.05, 0.1) is 5.41 Å². The summed E-state index contributed by atoms with van der Waals surface area (Å²) in [6.07, 6.45) is 3.28. The fraction of sp³-hybridized carbons (Fsp3) is 0.269. The Morgan fingerprint density at radius 2 is 1.82 bits per heavy atom. The molecule has 2 aromatic carbocycles. The molecule has 1 saturated carbocycles. The van der Waals surface area contributed by atoms with E-state index in [-0.39, 0.29) is 20.0 Å². The third-order valence-electron chi connectivity index (χ3n) is 6.31. The van der Waals surface area contributed by atoms with Gasteiger partial charge in [-0.25, -0.2) is 0 Å². The van der Waals surface area contributed by atoms with E-state index in [1.54, 1.807) is 26.4 Å². The van der Waals surface area contributed by atoms with Crippen LogP contribution in [0.4, 0.5) is 5.69 Å². The maximum Gasteiger partial charge on any atom is 0.271 e. The molecule has 1 aliphatic heterocycles. The van der Waals surface area contributed by atoms with Crippen molar-refractivity contribution in [3.63, 3.8) is 0 Å². The number of nitrogens with zero attached hydrogens (tertiary/aromatic N) is 2. The van der Waals surface area contributed by atoms with E-state index in [1.807, 2.05) is 49.4 Å². The van der Waals surface area contributed by atoms with Gasteiger partial charge in [-0.15, -0.1) is 0 Å². The minimum Gasteiger partial charge on any atom is -0.454 e. The van der Waals surface area contributed by atoms with E-state index in [2.05, 4.69) is 10.3 Å². The second-order valence-electron chi connectivity index (χ2n) is 8.77. The first-order valence-corrected chi connectivity index (χ1v) is 10.9. The van der Waals surface area contributed by atoms with E-state index in [0.29, 0.717) is 17.2 Å². The van der Waals surface area contributed by atoms with Gasteiger partial charge in [-0.05, 0) is 66.8 Å². The van der Waals surface area contributed by atoms with Gasteiger partial charge in [-0.2, -0.15) is 0 Å². The molecule has 1 fully saturated rings. The molecule has 170 valence electrons. The van der Waals surface area contributed by atoms with Crippen LogP contribution in [0.15, 0.2) is 54.7 Å². The zero-order valence-corrected chi connectivity index (χ0v) is 18.8. The van der Waals surface area contributed by atoms with Crippen molar-refractivity contribution in [3.05, 3.63) is 71.5 Å². The standard InChI is InChI=1S/C26H25N3O4.H2/c1-16-4-7-19(13-20(16)17-5-8-21(27-14-17)24(30)29(2)3)28-25(31)26(10-11-26)18-6-9-22-23(12-18)33-15-32-22;/h4-9,12-14H,10-11,15H2,1-3H3,(H,28,31);1H. The molecule has 33 heavy (non-hydrogen) atoms. The molecule has 7 heteroatoms. The first-order chi connectivity index (χ1) is 15.9. The van der Waals surface area contributed by atoms with Gasteiger partial charge in [0.25, 0.3) is 5.91 Å². The van der Waals surface area contributed by atoms with Crippen molar-refractivity contribution in [2.24, 2.45) is 0 Å². The molecule has 0 atom stereocenters. The molecule has 3 aromatic rings. The van der Waals surface area contributed by atoms with Crippen LogP contribution in [0.2, 0.25) is 0 Å². The van der Waals surface area contributed by atoms with Crippen LogP contribution >= 0.6 is 0 Å². The van der Waals surface area contributed by atoms with Gasteiger partial charge in [-0.3, -0.25) is 14.6 Å². The SMILES string of the molecule is Cc1ccc(NC(=O)C2(c3ccc4c(c3)OCO4)CC2)cc1-c1ccc(C(=O)N(C)C)nc1.[HH]. The Kier molecular flexibility index (Phi) is 5.04. The summed E-state index contributed by atoms with van der Waals surface area (Å²) in [7, 11) is 3.40. The van der Waals surface area contributed by atoms with E-state index in [4.69, 9.17) is 9.47 Å². The third kappa shape index (κ3) is 3.80. The van der Waals surface area contributed by atoms with Gasteiger partial charge < -0.3 is 19.7 Å². The minimum atomic E-state index is -0.540. The van der Waals surface area contributed by atoms with Crippen molar-refractivity contribution in [2.45, 2.75) is 25.2 Å².